The predicted octanol–water partition coefficient (Wildman–Crippen LogP) is 1.39. The highest BCUT2D eigenvalue weighted by molar-refractivity contribution is 5.92. The van der Waals surface area contributed by atoms with Gasteiger partial charge in [0.2, 0.25) is 0 Å². The lowest BCUT2D eigenvalue weighted by atomic mass is 10.3. The first kappa shape index (κ1) is 13.3. The molecule has 0 saturated heterocycles. The van der Waals surface area contributed by atoms with Gasteiger partial charge in [0.05, 0.1) is 12.2 Å². The number of nitrogens with zero attached hydrogens (tertiary/aromatic N) is 5. The van der Waals surface area contributed by atoms with Crippen LogP contribution >= 0.6 is 0 Å². The van der Waals surface area contributed by atoms with Gasteiger partial charge in [-0.2, -0.15) is 10.2 Å². The first-order valence-electron chi connectivity index (χ1n) is 6.45. The maximum Gasteiger partial charge on any atom is 0.272 e. The van der Waals surface area contributed by atoms with Crippen molar-refractivity contribution < 1.29 is 4.79 Å². The lowest BCUT2D eigenvalue weighted by molar-refractivity contribution is 0.0769. The molecular weight excluding hydrogens is 242 g/mol. The number of aryl methyl sites for hydroxylation is 2. The van der Waals surface area contributed by atoms with E-state index in [0.717, 1.165) is 12.2 Å². The monoisotopic (exact) mass is 261 g/mol. The topological polar surface area (TPSA) is 56.0 Å². The van der Waals surface area contributed by atoms with E-state index >= 15 is 0 Å². The van der Waals surface area contributed by atoms with Crippen LogP contribution in [0.1, 0.15) is 30.0 Å². The van der Waals surface area contributed by atoms with Crippen LogP contribution in [-0.2, 0) is 19.6 Å². The van der Waals surface area contributed by atoms with Gasteiger partial charge in [-0.3, -0.25) is 14.2 Å². The molecule has 0 bridgehead atoms. The zero-order valence-electron chi connectivity index (χ0n) is 11.6. The Kier molecular flexibility index (Phi) is 3.99. The summed E-state index contributed by atoms with van der Waals surface area (Å²) in [7, 11) is 1.79. The maximum atomic E-state index is 12.3. The van der Waals surface area contributed by atoms with Crippen molar-refractivity contribution >= 4 is 5.91 Å². The van der Waals surface area contributed by atoms with E-state index < -0.39 is 0 Å². The van der Waals surface area contributed by atoms with Crippen LogP contribution in [0.4, 0.5) is 0 Å². The summed E-state index contributed by atoms with van der Waals surface area (Å²) >= 11 is 0. The van der Waals surface area contributed by atoms with Crippen LogP contribution in [0.15, 0.2) is 24.5 Å². The Bertz CT molecular complexity index is 557. The molecule has 0 aliphatic carbocycles. The summed E-state index contributed by atoms with van der Waals surface area (Å²) in [5.41, 5.74) is 1.65. The van der Waals surface area contributed by atoms with E-state index in [9.17, 15) is 4.79 Å². The van der Waals surface area contributed by atoms with Gasteiger partial charge in [0, 0.05) is 32.5 Å². The van der Waals surface area contributed by atoms with Crippen LogP contribution in [0.25, 0.3) is 0 Å². The Labute approximate surface area is 112 Å². The lowest BCUT2D eigenvalue weighted by Crippen LogP contribution is -2.29. The zero-order chi connectivity index (χ0) is 13.8. The summed E-state index contributed by atoms with van der Waals surface area (Å²) in [5.74, 6) is -0.0248. The molecule has 2 rings (SSSR count). The molecule has 0 aromatic carbocycles. The molecule has 0 aliphatic heterocycles. The molecule has 0 atom stereocenters. The second-order valence-electron chi connectivity index (χ2n) is 4.33. The van der Waals surface area contributed by atoms with Crippen molar-refractivity contribution in [1.82, 2.24) is 24.5 Å². The second-order valence-corrected chi connectivity index (χ2v) is 4.33. The van der Waals surface area contributed by atoms with Crippen LogP contribution in [0.2, 0.25) is 0 Å². The van der Waals surface area contributed by atoms with Crippen molar-refractivity contribution in [3.05, 3.63) is 35.9 Å². The fourth-order valence-corrected chi connectivity index (χ4v) is 2.06. The van der Waals surface area contributed by atoms with Crippen molar-refractivity contribution in [2.75, 3.05) is 7.05 Å². The highest BCUT2D eigenvalue weighted by atomic mass is 16.2. The third-order valence-corrected chi connectivity index (χ3v) is 3.09. The summed E-state index contributed by atoms with van der Waals surface area (Å²) in [4.78, 5) is 14.0. The molecule has 0 aliphatic rings. The minimum absolute atomic E-state index is 0.0248. The van der Waals surface area contributed by atoms with Gasteiger partial charge < -0.3 is 4.90 Å². The molecular formula is C13H19N5O. The highest BCUT2D eigenvalue weighted by Crippen LogP contribution is 2.08. The van der Waals surface area contributed by atoms with Gasteiger partial charge in [-0.05, 0) is 26.0 Å². The van der Waals surface area contributed by atoms with E-state index in [0.29, 0.717) is 18.8 Å². The Morgan fingerprint density at radius 3 is 2.47 bits per heavy atom. The predicted molar refractivity (Wildman–Crippen MR) is 71.6 cm³/mol. The van der Waals surface area contributed by atoms with Gasteiger partial charge in [-0.15, -0.1) is 0 Å². The van der Waals surface area contributed by atoms with Crippen molar-refractivity contribution in [3.8, 4) is 0 Å². The third-order valence-electron chi connectivity index (χ3n) is 3.09. The van der Waals surface area contributed by atoms with E-state index in [1.54, 1.807) is 35.1 Å². The quantitative estimate of drug-likeness (QED) is 0.817. The SMILES string of the molecule is CCn1nccc1CN(C)C(=O)c1ccnn1CC. The van der Waals surface area contributed by atoms with Gasteiger partial charge in [0.15, 0.2) is 0 Å². The molecule has 0 saturated carbocycles. The van der Waals surface area contributed by atoms with E-state index in [4.69, 9.17) is 0 Å². The Hall–Kier alpha value is -2.11. The van der Waals surface area contributed by atoms with Crippen molar-refractivity contribution in [1.29, 1.82) is 0 Å². The molecule has 6 nitrogen and oxygen atoms in total. The number of carbonyl (C=O) groups excluding carboxylic acids is 1. The van der Waals surface area contributed by atoms with Crippen molar-refractivity contribution in [2.45, 2.75) is 33.5 Å². The molecule has 0 radical (unpaired) electrons. The molecule has 0 spiro atoms. The summed E-state index contributed by atoms with van der Waals surface area (Å²) in [6.45, 7) is 6.04. The number of rotatable bonds is 5. The summed E-state index contributed by atoms with van der Waals surface area (Å²) in [6.07, 6.45) is 3.41. The van der Waals surface area contributed by atoms with E-state index in [1.807, 2.05) is 24.6 Å². The first-order valence-corrected chi connectivity index (χ1v) is 6.45. The van der Waals surface area contributed by atoms with Crippen molar-refractivity contribution in [2.24, 2.45) is 0 Å². The minimum atomic E-state index is -0.0248. The highest BCUT2D eigenvalue weighted by Gasteiger charge is 2.17. The van der Waals surface area contributed by atoms with Crippen LogP contribution in [-0.4, -0.2) is 37.4 Å². The van der Waals surface area contributed by atoms with Crippen LogP contribution in [0, 0.1) is 0 Å². The fraction of sp³-hybridized carbons (Fsp3) is 0.462. The fourth-order valence-electron chi connectivity index (χ4n) is 2.06. The van der Waals surface area contributed by atoms with E-state index in [-0.39, 0.29) is 5.91 Å². The maximum absolute atomic E-state index is 12.3. The van der Waals surface area contributed by atoms with Gasteiger partial charge >= 0.3 is 0 Å². The van der Waals surface area contributed by atoms with E-state index in [1.165, 1.54) is 0 Å². The van der Waals surface area contributed by atoms with Crippen LogP contribution < -0.4 is 0 Å². The molecule has 0 N–H and O–H groups in total. The first-order chi connectivity index (χ1) is 9.17. The van der Waals surface area contributed by atoms with Gasteiger partial charge in [0.1, 0.15) is 5.69 Å². The number of aromatic nitrogens is 4. The molecule has 2 aromatic heterocycles. The Morgan fingerprint density at radius 1 is 1.16 bits per heavy atom. The number of carbonyl (C=O) groups is 1. The number of hydrogen-bond acceptors (Lipinski definition) is 3. The normalized spacial score (nSPS) is 10.7. The summed E-state index contributed by atoms with van der Waals surface area (Å²) < 4.78 is 3.59. The molecule has 6 heteroatoms. The number of amides is 1. The molecule has 2 heterocycles. The minimum Gasteiger partial charge on any atom is -0.334 e. The average Bonchev–Trinajstić information content (AvgIpc) is 3.05. The lowest BCUT2D eigenvalue weighted by Gasteiger charge is -2.18. The summed E-state index contributed by atoms with van der Waals surface area (Å²) in [6, 6.07) is 3.68. The smallest absolute Gasteiger partial charge is 0.272 e. The molecule has 1 amide bonds. The Morgan fingerprint density at radius 2 is 1.79 bits per heavy atom. The molecule has 19 heavy (non-hydrogen) atoms. The second kappa shape index (κ2) is 5.69. The van der Waals surface area contributed by atoms with Gasteiger partial charge in [-0.25, -0.2) is 0 Å². The van der Waals surface area contributed by atoms with Gasteiger partial charge in [-0.1, -0.05) is 0 Å². The van der Waals surface area contributed by atoms with Crippen molar-refractivity contribution in [3.63, 3.8) is 0 Å². The van der Waals surface area contributed by atoms with E-state index in [2.05, 4.69) is 10.2 Å². The summed E-state index contributed by atoms with van der Waals surface area (Å²) in [5, 5.41) is 8.33. The molecule has 2 aromatic rings. The molecule has 102 valence electrons. The Balaban J connectivity index is 2.12. The average molecular weight is 261 g/mol. The van der Waals surface area contributed by atoms with Crippen LogP contribution in [0.3, 0.4) is 0 Å². The zero-order valence-corrected chi connectivity index (χ0v) is 11.6. The van der Waals surface area contributed by atoms with Gasteiger partial charge in [0.25, 0.3) is 5.91 Å². The molecule has 0 unspecified atom stereocenters. The molecule has 0 fully saturated rings. The third kappa shape index (κ3) is 2.67. The number of hydrogen-bond donors (Lipinski definition) is 0. The van der Waals surface area contributed by atoms with Crippen LogP contribution in [0.5, 0.6) is 0 Å². The largest absolute Gasteiger partial charge is 0.334 e. The standard InChI is InChI=1S/C13H19N5O/c1-4-17-11(6-8-14-17)10-16(3)13(19)12-7-9-15-18(12)5-2/h6-9H,4-5,10H2,1-3H3.